The average molecular weight is 356 g/mol. The van der Waals surface area contributed by atoms with E-state index >= 15 is 0 Å². The van der Waals surface area contributed by atoms with Gasteiger partial charge in [-0.3, -0.25) is 4.79 Å². The first-order chi connectivity index (χ1) is 11.3. The van der Waals surface area contributed by atoms with Gasteiger partial charge in [-0.15, -0.1) is 0 Å². The van der Waals surface area contributed by atoms with Gasteiger partial charge >= 0.3 is 6.18 Å². The van der Waals surface area contributed by atoms with Crippen LogP contribution in [0.4, 0.5) is 24.7 Å². The predicted molar refractivity (Wildman–Crippen MR) is 85.1 cm³/mol. The fourth-order valence-corrected chi connectivity index (χ4v) is 2.76. The van der Waals surface area contributed by atoms with E-state index in [-0.39, 0.29) is 11.7 Å². The first kappa shape index (κ1) is 16.6. The minimum atomic E-state index is -4.45. The number of carbonyl (C=O) groups excluding carboxylic acids is 1. The molecule has 24 heavy (non-hydrogen) atoms. The molecule has 4 nitrogen and oxygen atoms in total. The Labute approximate surface area is 141 Å². The quantitative estimate of drug-likeness (QED) is 0.906. The minimum Gasteiger partial charge on any atom is -0.358 e. The number of rotatable bonds is 3. The molecular formula is C16H13ClF3N3O. The van der Waals surface area contributed by atoms with E-state index in [1.165, 1.54) is 0 Å². The molecule has 2 aromatic rings. The normalized spacial score (nSPS) is 18.1. The predicted octanol–water partition coefficient (Wildman–Crippen LogP) is 3.97. The second-order valence-corrected chi connectivity index (χ2v) is 5.82. The van der Waals surface area contributed by atoms with E-state index in [1.807, 2.05) is 0 Å². The summed E-state index contributed by atoms with van der Waals surface area (Å²) in [5, 5.41) is 3.29. The van der Waals surface area contributed by atoms with Gasteiger partial charge in [0.2, 0.25) is 5.91 Å². The Kier molecular flexibility index (Phi) is 4.36. The molecule has 1 N–H and O–H groups in total. The molecule has 2 heterocycles. The Morgan fingerprint density at radius 2 is 2.04 bits per heavy atom. The summed E-state index contributed by atoms with van der Waals surface area (Å²) in [4.78, 5) is 17.9. The molecule has 126 valence electrons. The topological polar surface area (TPSA) is 45.2 Å². The van der Waals surface area contributed by atoms with Crippen LogP contribution in [0.15, 0.2) is 42.6 Å². The third kappa shape index (κ3) is 3.46. The summed E-state index contributed by atoms with van der Waals surface area (Å²) in [6.45, 7) is 0.454. The summed E-state index contributed by atoms with van der Waals surface area (Å²) >= 11 is 5.93. The number of nitrogens with zero attached hydrogens (tertiary/aromatic N) is 2. The third-order valence-corrected chi connectivity index (χ3v) is 3.97. The smallest absolute Gasteiger partial charge is 0.358 e. The van der Waals surface area contributed by atoms with Crippen LogP contribution in [0.2, 0.25) is 5.02 Å². The van der Waals surface area contributed by atoms with E-state index in [0.29, 0.717) is 23.7 Å². The monoisotopic (exact) mass is 355 g/mol. The number of amides is 1. The lowest BCUT2D eigenvalue weighted by atomic mass is 10.2. The van der Waals surface area contributed by atoms with Gasteiger partial charge < -0.3 is 10.2 Å². The van der Waals surface area contributed by atoms with Gasteiger partial charge in [0.05, 0.1) is 5.56 Å². The molecule has 3 rings (SSSR count). The van der Waals surface area contributed by atoms with Crippen LogP contribution in [0.3, 0.4) is 0 Å². The minimum absolute atomic E-state index is 0.0242. The zero-order valence-electron chi connectivity index (χ0n) is 12.3. The highest BCUT2D eigenvalue weighted by Gasteiger charge is 2.34. The molecule has 0 saturated carbocycles. The van der Waals surface area contributed by atoms with E-state index in [1.54, 1.807) is 29.2 Å². The maximum atomic E-state index is 12.7. The van der Waals surface area contributed by atoms with Gasteiger partial charge in [0, 0.05) is 23.5 Å². The van der Waals surface area contributed by atoms with Crippen molar-refractivity contribution in [1.29, 1.82) is 0 Å². The molecule has 0 radical (unpaired) electrons. The van der Waals surface area contributed by atoms with Gasteiger partial charge in [0.15, 0.2) is 0 Å². The van der Waals surface area contributed by atoms with E-state index < -0.39 is 17.8 Å². The van der Waals surface area contributed by atoms with E-state index in [9.17, 15) is 18.0 Å². The fraction of sp³-hybridized carbons (Fsp3) is 0.250. The molecule has 8 heteroatoms. The van der Waals surface area contributed by atoms with Gasteiger partial charge in [-0.2, -0.15) is 13.2 Å². The highest BCUT2D eigenvalue weighted by atomic mass is 35.5. The number of alkyl halides is 3. The largest absolute Gasteiger partial charge is 0.416 e. The van der Waals surface area contributed by atoms with Gasteiger partial charge in [-0.05, 0) is 36.8 Å². The lowest BCUT2D eigenvalue weighted by Crippen LogP contribution is -2.33. The maximum absolute atomic E-state index is 12.7. The summed E-state index contributed by atoms with van der Waals surface area (Å²) in [5.41, 5.74) is -0.147. The second kappa shape index (κ2) is 6.32. The molecule has 1 fully saturated rings. The summed E-state index contributed by atoms with van der Waals surface area (Å²) in [6.07, 6.45) is -2.92. The van der Waals surface area contributed by atoms with Crippen LogP contribution >= 0.6 is 11.6 Å². The van der Waals surface area contributed by atoms with Crippen molar-refractivity contribution in [3.63, 3.8) is 0 Å². The van der Waals surface area contributed by atoms with E-state index in [2.05, 4.69) is 10.3 Å². The van der Waals surface area contributed by atoms with Crippen molar-refractivity contribution in [2.45, 2.75) is 18.6 Å². The summed E-state index contributed by atoms with van der Waals surface area (Å²) < 4.78 is 38.2. The molecule has 0 spiro atoms. The molecule has 1 amide bonds. The Bertz CT molecular complexity index is 766. The average Bonchev–Trinajstić information content (AvgIpc) is 2.88. The van der Waals surface area contributed by atoms with Crippen molar-refractivity contribution in [1.82, 2.24) is 4.98 Å². The third-order valence-electron chi connectivity index (χ3n) is 3.73. The van der Waals surface area contributed by atoms with Crippen LogP contribution in [0, 0.1) is 0 Å². The fourth-order valence-electron chi connectivity index (χ4n) is 2.58. The molecule has 1 unspecified atom stereocenters. The molecule has 0 bridgehead atoms. The van der Waals surface area contributed by atoms with Crippen LogP contribution in [-0.2, 0) is 11.0 Å². The molecule has 1 aromatic heterocycles. The van der Waals surface area contributed by atoms with Gasteiger partial charge in [0.1, 0.15) is 11.9 Å². The zero-order valence-corrected chi connectivity index (χ0v) is 13.1. The van der Waals surface area contributed by atoms with Gasteiger partial charge in [0.25, 0.3) is 0 Å². The van der Waals surface area contributed by atoms with Crippen molar-refractivity contribution < 1.29 is 18.0 Å². The number of pyridine rings is 1. The lowest BCUT2D eigenvalue weighted by Gasteiger charge is -2.18. The van der Waals surface area contributed by atoms with Crippen LogP contribution in [-0.4, -0.2) is 23.5 Å². The van der Waals surface area contributed by atoms with E-state index in [0.717, 1.165) is 18.3 Å². The van der Waals surface area contributed by atoms with Crippen molar-refractivity contribution >= 4 is 29.0 Å². The van der Waals surface area contributed by atoms with Crippen LogP contribution in [0.1, 0.15) is 12.0 Å². The van der Waals surface area contributed by atoms with Crippen molar-refractivity contribution in [3.8, 4) is 0 Å². The molecule has 1 saturated heterocycles. The highest BCUT2D eigenvalue weighted by molar-refractivity contribution is 6.31. The number of nitrogens with one attached hydrogen (secondary N) is 1. The van der Waals surface area contributed by atoms with Crippen LogP contribution < -0.4 is 10.2 Å². The SMILES string of the molecule is O=C1C(Nc2cc(C(F)(F)F)ccn2)CCN1c1cccc(Cl)c1. The Hall–Kier alpha value is -2.28. The molecule has 1 aliphatic heterocycles. The molecule has 1 aliphatic rings. The van der Waals surface area contributed by atoms with Gasteiger partial charge in [-0.1, -0.05) is 17.7 Å². The van der Waals surface area contributed by atoms with Crippen molar-refractivity contribution in [3.05, 3.63) is 53.2 Å². The summed E-state index contributed by atoms with van der Waals surface area (Å²) in [7, 11) is 0. The first-order valence-corrected chi connectivity index (χ1v) is 7.59. The van der Waals surface area contributed by atoms with E-state index in [4.69, 9.17) is 11.6 Å². The number of halogens is 4. The number of anilines is 2. The van der Waals surface area contributed by atoms with Crippen molar-refractivity contribution in [2.75, 3.05) is 16.8 Å². The van der Waals surface area contributed by atoms with Crippen molar-refractivity contribution in [2.24, 2.45) is 0 Å². The highest BCUT2D eigenvalue weighted by Crippen LogP contribution is 2.31. The zero-order chi connectivity index (χ0) is 17.3. The number of hydrogen-bond donors (Lipinski definition) is 1. The summed E-state index contributed by atoms with van der Waals surface area (Å²) in [5.74, 6) is -0.201. The molecular weight excluding hydrogens is 343 g/mol. The number of aromatic nitrogens is 1. The molecule has 0 aliphatic carbocycles. The number of hydrogen-bond acceptors (Lipinski definition) is 3. The maximum Gasteiger partial charge on any atom is 0.416 e. The Balaban J connectivity index is 1.75. The number of benzene rings is 1. The standard InChI is InChI=1S/C16H13ClF3N3O/c17-11-2-1-3-12(9-11)23-7-5-13(15(23)24)22-14-8-10(4-6-21-14)16(18,19)20/h1-4,6,8-9,13H,5,7H2,(H,21,22). The second-order valence-electron chi connectivity index (χ2n) is 5.38. The summed E-state index contributed by atoms with van der Waals surface area (Å²) in [6, 6.07) is 8.03. The molecule has 1 aromatic carbocycles. The first-order valence-electron chi connectivity index (χ1n) is 7.21. The Morgan fingerprint density at radius 3 is 2.75 bits per heavy atom. The van der Waals surface area contributed by atoms with Crippen LogP contribution in [0.25, 0.3) is 0 Å². The van der Waals surface area contributed by atoms with Gasteiger partial charge in [-0.25, -0.2) is 4.98 Å². The molecule has 1 atom stereocenters. The van der Waals surface area contributed by atoms with Crippen LogP contribution in [0.5, 0.6) is 0 Å². The lowest BCUT2D eigenvalue weighted by molar-refractivity contribution is -0.137. The Morgan fingerprint density at radius 1 is 1.25 bits per heavy atom. The number of carbonyl (C=O) groups is 1.